The number of nitrogens with one attached hydrogen (secondary N) is 2. The Morgan fingerprint density at radius 1 is 1.23 bits per heavy atom. The van der Waals surface area contributed by atoms with Gasteiger partial charge in [0, 0.05) is 51.9 Å². The van der Waals surface area contributed by atoms with E-state index in [0.717, 1.165) is 74.8 Å². The van der Waals surface area contributed by atoms with Crippen LogP contribution in [0.4, 0.5) is 10.2 Å². The van der Waals surface area contributed by atoms with Crippen LogP contribution in [-0.2, 0) is 9.84 Å². The van der Waals surface area contributed by atoms with Gasteiger partial charge in [0.25, 0.3) is 0 Å². The second kappa shape index (κ2) is 11.8. The molecular weight excluding hydrogens is 517 g/mol. The normalized spacial score (nSPS) is 20.9. The van der Waals surface area contributed by atoms with Crippen molar-refractivity contribution in [2.24, 2.45) is 0 Å². The van der Waals surface area contributed by atoms with Crippen molar-refractivity contribution >= 4 is 27.6 Å². The van der Waals surface area contributed by atoms with Gasteiger partial charge in [-0.2, -0.15) is 0 Å². The summed E-state index contributed by atoms with van der Waals surface area (Å²) in [5, 5.41) is 8.62. The van der Waals surface area contributed by atoms with E-state index in [4.69, 9.17) is 10.4 Å². The smallest absolute Gasteiger partial charge is 0.148 e. The lowest BCUT2D eigenvalue weighted by Crippen LogP contribution is -2.47. The number of hydrogen-bond donors (Lipinski definition) is 2. The molecule has 11 heteroatoms. The Labute approximate surface area is 229 Å². The van der Waals surface area contributed by atoms with Crippen LogP contribution in [0.1, 0.15) is 31.5 Å². The highest BCUT2D eigenvalue weighted by Crippen LogP contribution is 2.30. The van der Waals surface area contributed by atoms with Gasteiger partial charge in [0.1, 0.15) is 33.1 Å². The fraction of sp³-hybridized carbons (Fsp3) is 0.464. The summed E-state index contributed by atoms with van der Waals surface area (Å²) in [6.07, 6.45) is 13.4. The van der Waals surface area contributed by atoms with Gasteiger partial charge < -0.3 is 14.8 Å². The molecule has 0 spiro atoms. The van der Waals surface area contributed by atoms with Crippen molar-refractivity contribution in [2.75, 3.05) is 56.2 Å². The standard InChI is InChI=1S/C28H36FN7O2S/c1-39(37,38)18-17-34-13-15-35(16-14-34)28-9-3-7-23(33-28)24-20-31-27(32-24)11-10-26(30)36-12-4-8-25(36)21-5-2-6-22(29)19-21/h3,5,7,9-11,19-20,25,30H,2,4,6,8,12-18H2,1H3,(H,31,32)/b11-10-,30-26?. The van der Waals surface area contributed by atoms with Gasteiger partial charge in [-0.1, -0.05) is 12.1 Å². The number of sulfone groups is 1. The van der Waals surface area contributed by atoms with Crippen LogP contribution in [-0.4, -0.2) is 96.3 Å². The summed E-state index contributed by atoms with van der Waals surface area (Å²) in [5.74, 6) is 2.03. The van der Waals surface area contributed by atoms with Gasteiger partial charge in [0.15, 0.2) is 0 Å². The molecule has 1 unspecified atom stereocenters. The number of H-pyrrole nitrogens is 1. The molecular formula is C28H36FN7O2S. The number of allylic oxidation sites excluding steroid dienone is 2. The second-order valence-corrected chi connectivity index (χ2v) is 12.7. The number of imidazole rings is 1. The summed E-state index contributed by atoms with van der Waals surface area (Å²) >= 11 is 0. The number of likely N-dealkylation sites (tertiary alicyclic amines) is 1. The lowest BCUT2D eigenvalue weighted by molar-refractivity contribution is 0.271. The van der Waals surface area contributed by atoms with Crippen molar-refractivity contribution in [3.63, 3.8) is 0 Å². The first-order chi connectivity index (χ1) is 18.7. The Kier molecular flexibility index (Phi) is 8.27. The molecule has 5 rings (SSSR count). The molecule has 1 atom stereocenters. The van der Waals surface area contributed by atoms with Crippen molar-refractivity contribution in [1.82, 2.24) is 24.8 Å². The number of amidine groups is 1. The Bertz CT molecular complexity index is 1390. The first kappa shape index (κ1) is 27.3. The second-order valence-electron chi connectivity index (χ2n) is 10.4. The number of pyridine rings is 1. The lowest BCUT2D eigenvalue weighted by atomic mass is 9.97. The minimum absolute atomic E-state index is 0.0499. The quantitative estimate of drug-likeness (QED) is 0.379. The number of piperazine rings is 1. The summed E-state index contributed by atoms with van der Waals surface area (Å²) in [4.78, 5) is 19.0. The van der Waals surface area contributed by atoms with E-state index in [1.165, 1.54) is 6.26 Å². The van der Waals surface area contributed by atoms with Crippen LogP contribution in [0.2, 0.25) is 0 Å². The molecule has 0 amide bonds. The summed E-state index contributed by atoms with van der Waals surface area (Å²) in [5.41, 5.74) is 2.56. The average molecular weight is 554 g/mol. The van der Waals surface area contributed by atoms with Crippen molar-refractivity contribution < 1.29 is 12.8 Å². The zero-order valence-electron chi connectivity index (χ0n) is 22.3. The topological polar surface area (TPSA) is 109 Å². The molecule has 4 heterocycles. The molecule has 2 aromatic heterocycles. The average Bonchev–Trinajstić information content (AvgIpc) is 3.61. The molecule has 0 bridgehead atoms. The van der Waals surface area contributed by atoms with Gasteiger partial charge in [-0.15, -0.1) is 0 Å². The molecule has 9 nitrogen and oxygen atoms in total. The Hall–Kier alpha value is -3.31. The van der Waals surface area contributed by atoms with Crippen LogP contribution in [0.5, 0.6) is 0 Å². The third kappa shape index (κ3) is 7.02. The van der Waals surface area contributed by atoms with E-state index in [0.29, 0.717) is 24.6 Å². The summed E-state index contributed by atoms with van der Waals surface area (Å²) in [6, 6.07) is 5.95. The van der Waals surface area contributed by atoms with Crippen LogP contribution in [0.3, 0.4) is 0 Å². The molecule has 2 fully saturated rings. The molecule has 2 aliphatic heterocycles. The number of rotatable bonds is 8. The van der Waals surface area contributed by atoms with Gasteiger partial charge in [-0.3, -0.25) is 10.3 Å². The minimum atomic E-state index is -2.96. The highest BCUT2D eigenvalue weighted by Gasteiger charge is 2.29. The molecule has 0 saturated carbocycles. The maximum atomic E-state index is 13.8. The van der Waals surface area contributed by atoms with Crippen LogP contribution in [0, 0.1) is 5.41 Å². The Balaban J connectivity index is 1.19. The first-order valence-corrected chi connectivity index (χ1v) is 15.6. The van der Waals surface area contributed by atoms with Gasteiger partial charge in [-0.05, 0) is 55.2 Å². The van der Waals surface area contributed by atoms with Crippen molar-refractivity contribution in [3.05, 3.63) is 59.8 Å². The summed E-state index contributed by atoms with van der Waals surface area (Å²) in [6.45, 7) is 4.52. The van der Waals surface area contributed by atoms with Crippen LogP contribution < -0.4 is 4.90 Å². The minimum Gasteiger partial charge on any atom is -0.354 e. The molecule has 0 radical (unpaired) electrons. The molecule has 3 aliphatic rings. The fourth-order valence-electron chi connectivity index (χ4n) is 5.37. The number of halogens is 1. The number of hydrogen-bond acceptors (Lipinski definition) is 7. The van der Waals surface area contributed by atoms with Crippen molar-refractivity contribution in [3.8, 4) is 11.4 Å². The van der Waals surface area contributed by atoms with Gasteiger partial charge >= 0.3 is 0 Å². The summed E-state index contributed by atoms with van der Waals surface area (Å²) in [7, 11) is -2.96. The predicted octanol–water partition coefficient (Wildman–Crippen LogP) is 3.67. The maximum Gasteiger partial charge on any atom is 0.148 e. The highest BCUT2D eigenvalue weighted by atomic mass is 32.2. The van der Waals surface area contributed by atoms with Gasteiger partial charge in [0.2, 0.25) is 0 Å². The highest BCUT2D eigenvalue weighted by molar-refractivity contribution is 7.90. The predicted molar refractivity (Wildman–Crippen MR) is 153 cm³/mol. The van der Waals surface area contributed by atoms with E-state index in [9.17, 15) is 12.8 Å². The van der Waals surface area contributed by atoms with Crippen LogP contribution >= 0.6 is 0 Å². The molecule has 2 aromatic rings. The van der Waals surface area contributed by atoms with Gasteiger partial charge in [0.05, 0.1) is 29.4 Å². The number of anilines is 1. The Morgan fingerprint density at radius 3 is 2.82 bits per heavy atom. The third-order valence-corrected chi connectivity index (χ3v) is 8.44. The van der Waals surface area contributed by atoms with E-state index in [1.54, 1.807) is 24.4 Å². The summed E-state index contributed by atoms with van der Waals surface area (Å²) < 4.78 is 36.8. The molecule has 2 N–H and O–H groups in total. The number of nitrogens with zero attached hydrogens (tertiary/aromatic N) is 5. The van der Waals surface area contributed by atoms with E-state index in [-0.39, 0.29) is 17.6 Å². The largest absolute Gasteiger partial charge is 0.354 e. The van der Waals surface area contributed by atoms with Crippen molar-refractivity contribution in [2.45, 2.75) is 31.7 Å². The maximum absolute atomic E-state index is 13.8. The SMILES string of the molecule is CS(=O)(=O)CCN1CCN(c2cccc(-c3cnc(/C=C\C(=N)N4CCCC4C4=CCCC(F)=C4)[nH]3)n2)CC1. The van der Waals surface area contributed by atoms with E-state index in [2.05, 4.69) is 25.8 Å². The zero-order valence-corrected chi connectivity index (χ0v) is 23.1. The zero-order chi connectivity index (χ0) is 27.4. The van der Waals surface area contributed by atoms with Crippen molar-refractivity contribution in [1.29, 1.82) is 5.41 Å². The molecule has 39 heavy (non-hydrogen) atoms. The fourth-order valence-corrected chi connectivity index (χ4v) is 5.96. The van der Waals surface area contributed by atoms with E-state index >= 15 is 0 Å². The van der Waals surface area contributed by atoms with E-state index in [1.807, 2.05) is 23.1 Å². The molecule has 1 aliphatic carbocycles. The molecule has 208 valence electrons. The number of aromatic amines is 1. The van der Waals surface area contributed by atoms with Crippen LogP contribution in [0.25, 0.3) is 17.5 Å². The third-order valence-electron chi connectivity index (χ3n) is 7.51. The monoisotopic (exact) mass is 553 g/mol. The van der Waals surface area contributed by atoms with Crippen LogP contribution in [0.15, 0.2) is 54.0 Å². The Morgan fingerprint density at radius 2 is 2.05 bits per heavy atom. The molecule has 0 aromatic carbocycles. The molecule has 2 saturated heterocycles. The number of aromatic nitrogens is 3. The first-order valence-electron chi connectivity index (χ1n) is 13.5. The van der Waals surface area contributed by atoms with Gasteiger partial charge in [-0.25, -0.2) is 22.8 Å². The van der Waals surface area contributed by atoms with E-state index < -0.39 is 9.84 Å². The lowest BCUT2D eigenvalue weighted by Gasteiger charge is -2.35.